The molecule has 0 unspecified atom stereocenters. The molecule has 0 N–H and O–H groups in total. The Morgan fingerprint density at radius 3 is 2.50 bits per heavy atom. The van der Waals surface area contributed by atoms with Crippen molar-refractivity contribution < 1.29 is 4.79 Å². The van der Waals surface area contributed by atoms with Crippen molar-refractivity contribution >= 4 is 5.91 Å². The van der Waals surface area contributed by atoms with Gasteiger partial charge in [-0.1, -0.05) is 19.8 Å². The Kier molecular flexibility index (Phi) is 3.58. The summed E-state index contributed by atoms with van der Waals surface area (Å²) in [5.74, 6) is 0.202. The lowest BCUT2D eigenvalue weighted by molar-refractivity contribution is 0.0899. The van der Waals surface area contributed by atoms with Crippen LogP contribution in [0.25, 0.3) is 0 Å². The van der Waals surface area contributed by atoms with Crippen LogP contribution in [0.5, 0.6) is 0 Å². The normalized spacial score (nSPS) is 10.1. The fourth-order valence-electron chi connectivity index (χ4n) is 1.16. The van der Waals surface area contributed by atoms with Gasteiger partial charge in [0.05, 0.1) is 0 Å². The van der Waals surface area contributed by atoms with E-state index in [0.29, 0.717) is 6.42 Å². The Morgan fingerprint density at radius 2 is 1.92 bits per heavy atom. The van der Waals surface area contributed by atoms with Crippen molar-refractivity contribution in [2.75, 3.05) is 0 Å². The topological polar surface area (TPSA) is 22.0 Å². The van der Waals surface area contributed by atoms with Crippen LogP contribution in [0.4, 0.5) is 0 Å². The lowest BCUT2D eigenvalue weighted by atomic mass is 10.2. The zero-order chi connectivity index (χ0) is 8.81. The van der Waals surface area contributed by atoms with Crippen LogP contribution >= 0.6 is 0 Å². The molecule has 1 aromatic heterocycles. The SMILES string of the molecule is CCCCCC(=O)n1cccc1. The van der Waals surface area contributed by atoms with E-state index in [-0.39, 0.29) is 5.91 Å². The molecule has 0 saturated heterocycles. The smallest absolute Gasteiger partial charge is 0.230 e. The van der Waals surface area contributed by atoms with Crippen LogP contribution in [0.1, 0.15) is 37.4 Å². The van der Waals surface area contributed by atoms with E-state index in [0.717, 1.165) is 12.8 Å². The van der Waals surface area contributed by atoms with E-state index in [4.69, 9.17) is 0 Å². The highest BCUT2D eigenvalue weighted by atomic mass is 16.1. The first kappa shape index (κ1) is 9.04. The van der Waals surface area contributed by atoms with Crippen molar-refractivity contribution in [1.29, 1.82) is 0 Å². The predicted molar refractivity (Wildman–Crippen MR) is 49.2 cm³/mol. The van der Waals surface area contributed by atoms with Crippen LogP contribution in [0.2, 0.25) is 0 Å². The molecule has 0 saturated carbocycles. The highest BCUT2D eigenvalue weighted by Gasteiger charge is 2.00. The molecule has 0 atom stereocenters. The molecule has 0 amide bonds. The number of rotatable bonds is 4. The van der Waals surface area contributed by atoms with E-state index in [1.165, 1.54) is 6.42 Å². The minimum Gasteiger partial charge on any atom is -0.295 e. The Balaban J connectivity index is 2.30. The van der Waals surface area contributed by atoms with E-state index < -0.39 is 0 Å². The molecule has 1 rings (SSSR count). The van der Waals surface area contributed by atoms with Crippen LogP contribution in [0.3, 0.4) is 0 Å². The van der Waals surface area contributed by atoms with Gasteiger partial charge >= 0.3 is 0 Å². The maximum absolute atomic E-state index is 11.3. The van der Waals surface area contributed by atoms with Crippen molar-refractivity contribution in [2.24, 2.45) is 0 Å². The summed E-state index contributed by atoms with van der Waals surface area (Å²) in [6.07, 6.45) is 7.59. The standard InChI is InChI=1S/C10H15NO/c1-2-3-4-7-10(12)11-8-5-6-9-11/h5-6,8-9H,2-4,7H2,1H3. The predicted octanol–water partition coefficient (Wildman–Crippen LogP) is 2.71. The first-order valence-corrected chi connectivity index (χ1v) is 4.50. The van der Waals surface area contributed by atoms with Crippen molar-refractivity contribution in [2.45, 2.75) is 32.6 Å². The molecule has 1 aromatic rings. The lowest BCUT2D eigenvalue weighted by Crippen LogP contribution is -2.07. The van der Waals surface area contributed by atoms with Gasteiger partial charge in [-0.05, 0) is 18.6 Å². The van der Waals surface area contributed by atoms with Gasteiger partial charge in [-0.25, -0.2) is 0 Å². The van der Waals surface area contributed by atoms with Gasteiger partial charge in [-0.3, -0.25) is 9.36 Å². The molecule has 0 aliphatic carbocycles. The molecule has 2 heteroatoms. The second-order valence-corrected chi connectivity index (χ2v) is 2.94. The van der Waals surface area contributed by atoms with E-state index in [1.807, 2.05) is 12.1 Å². The van der Waals surface area contributed by atoms with Gasteiger partial charge in [0, 0.05) is 18.8 Å². The summed E-state index contributed by atoms with van der Waals surface area (Å²) in [6.45, 7) is 2.14. The van der Waals surface area contributed by atoms with Gasteiger partial charge in [0.2, 0.25) is 5.91 Å². The Bertz CT molecular complexity index is 226. The first-order valence-electron chi connectivity index (χ1n) is 4.50. The summed E-state index contributed by atoms with van der Waals surface area (Å²) in [7, 11) is 0. The number of carbonyl (C=O) groups is 1. The molecule has 0 aromatic carbocycles. The lowest BCUT2D eigenvalue weighted by Gasteiger charge is -1.99. The van der Waals surface area contributed by atoms with Crippen molar-refractivity contribution in [3.63, 3.8) is 0 Å². The second-order valence-electron chi connectivity index (χ2n) is 2.94. The highest BCUT2D eigenvalue weighted by Crippen LogP contribution is 2.02. The van der Waals surface area contributed by atoms with Gasteiger partial charge in [0.1, 0.15) is 0 Å². The molecule has 0 spiro atoms. The average molecular weight is 165 g/mol. The van der Waals surface area contributed by atoms with Crippen LogP contribution in [0.15, 0.2) is 24.5 Å². The molecular formula is C10H15NO. The van der Waals surface area contributed by atoms with Crippen LogP contribution < -0.4 is 0 Å². The van der Waals surface area contributed by atoms with E-state index in [9.17, 15) is 4.79 Å². The van der Waals surface area contributed by atoms with Gasteiger partial charge in [-0.2, -0.15) is 0 Å². The summed E-state index contributed by atoms with van der Waals surface area (Å²) in [5, 5.41) is 0. The van der Waals surface area contributed by atoms with Gasteiger partial charge < -0.3 is 0 Å². The number of hydrogen-bond donors (Lipinski definition) is 0. The summed E-state index contributed by atoms with van der Waals surface area (Å²) in [4.78, 5) is 11.3. The Morgan fingerprint density at radius 1 is 1.25 bits per heavy atom. The molecule has 0 aliphatic rings. The number of hydrogen-bond acceptors (Lipinski definition) is 1. The molecule has 12 heavy (non-hydrogen) atoms. The molecule has 0 radical (unpaired) electrons. The van der Waals surface area contributed by atoms with Crippen molar-refractivity contribution in [1.82, 2.24) is 4.57 Å². The summed E-state index contributed by atoms with van der Waals surface area (Å²) >= 11 is 0. The third-order valence-electron chi connectivity index (χ3n) is 1.89. The zero-order valence-electron chi connectivity index (χ0n) is 7.49. The maximum atomic E-state index is 11.3. The maximum Gasteiger partial charge on any atom is 0.230 e. The molecule has 1 heterocycles. The second kappa shape index (κ2) is 4.75. The molecule has 0 fully saturated rings. The number of aromatic nitrogens is 1. The average Bonchev–Trinajstić information content (AvgIpc) is 2.56. The third-order valence-corrected chi connectivity index (χ3v) is 1.89. The Hall–Kier alpha value is -1.05. The quantitative estimate of drug-likeness (QED) is 0.629. The van der Waals surface area contributed by atoms with E-state index in [1.54, 1.807) is 17.0 Å². The minimum atomic E-state index is 0.202. The monoisotopic (exact) mass is 165 g/mol. The molecule has 2 nitrogen and oxygen atoms in total. The van der Waals surface area contributed by atoms with Gasteiger partial charge in [0.15, 0.2) is 0 Å². The molecule has 66 valence electrons. The van der Waals surface area contributed by atoms with Gasteiger partial charge in [-0.15, -0.1) is 0 Å². The molecular weight excluding hydrogens is 150 g/mol. The Labute approximate surface area is 73.2 Å². The minimum absolute atomic E-state index is 0.202. The van der Waals surface area contributed by atoms with Crippen LogP contribution in [-0.4, -0.2) is 10.5 Å². The fourth-order valence-corrected chi connectivity index (χ4v) is 1.16. The van der Waals surface area contributed by atoms with E-state index in [2.05, 4.69) is 6.92 Å². The fraction of sp³-hybridized carbons (Fsp3) is 0.500. The number of unbranched alkanes of at least 4 members (excludes halogenated alkanes) is 2. The van der Waals surface area contributed by atoms with Crippen LogP contribution in [-0.2, 0) is 0 Å². The van der Waals surface area contributed by atoms with Crippen LogP contribution in [0, 0.1) is 0 Å². The first-order chi connectivity index (χ1) is 5.84. The molecule has 0 aliphatic heterocycles. The number of carbonyl (C=O) groups excluding carboxylic acids is 1. The summed E-state index contributed by atoms with van der Waals surface area (Å²) in [5.41, 5.74) is 0. The zero-order valence-corrected chi connectivity index (χ0v) is 7.49. The number of nitrogens with zero attached hydrogens (tertiary/aromatic N) is 1. The third kappa shape index (κ3) is 2.53. The highest BCUT2D eigenvalue weighted by molar-refractivity contribution is 5.78. The largest absolute Gasteiger partial charge is 0.295 e. The summed E-state index contributed by atoms with van der Waals surface area (Å²) < 4.78 is 1.65. The van der Waals surface area contributed by atoms with Crippen molar-refractivity contribution in [3.8, 4) is 0 Å². The van der Waals surface area contributed by atoms with Gasteiger partial charge in [0.25, 0.3) is 0 Å². The summed E-state index contributed by atoms with van der Waals surface area (Å²) in [6, 6.07) is 3.75. The van der Waals surface area contributed by atoms with E-state index >= 15 is 0 Å². The van der Waals surface area contributed by atoms with Crippen molar-refractivity contribution in [3.05, 3.63) is 24.5 Å². The molecule has 0 bridgehead atoms.